The number of H-pyrrole nitrogens is 1. The summed E-state index contributed by atoms with van der Waals surface area (Å²) in [5.74, 6) is 0.985. The molecule has 2 fully saturated rings. The van der Waals surface area contributed by atoms with Crippen molar-refractivity contribution in [2.24, 2.45) is 5.73 Å². The molecule has 8 heteroatoms. The van der Waals surface area contributed by atoms with Crippen LogP contribution in [0.5, 0.6) is 0 Å². The molecule has 2 aliphatic heterocycles. The van der Waals surface area contributed by atoms with Gasteiger partial charge in [0, 0.05) is 56.0 Å². The monoisotopic (exact) mass is 354 g/mol. The lowest BCUT2D eigenvalue weighted by molar-refractivity contribution is -0.135. The minimum Gasteiger partial charge on any atom is -0.353 e. The van der Waals surface area contributed by atoms with Crippen molar-refractivity contribution in [2.45, 2.75) is 31.3 Å². The quantitative estimate of drug-likeness (QED) is 0.824. The fraction of sp³-hybridized carbons (Fsp3) is 0.444. The number of nitrogens with two attached hydrogens (primary N) is 1. The second-order valence-electron chi connectivity index (χ2n) is 6.88. The average molecular weight is 354 g/mol. The highest BCUT2D eigenvalue weighted by molar-refractivity contribution is 5.77. The summed E-state index contributed by atoms with van der Waals surface area (Å²) >= 11 is 0. The van der Waals surface area contributed by atoms with Crippen LogP contribution >= 0.6 is 0 Å². The number of aromatic amines is 1. The van der Waals surface area contributed by atoms with Gasteiger partial charge in [0.25, 0.3) is 0 Å². The summed E-state index contributed by atoms with van der Waals surface area (Å²) in [6, 6.07) is 5.02. The van der Waals surface area contributed by atoms with Gasteiger partial charge in [-0.1, -0.05) is 0 Å². The fourth-order valence-corrected chi connectivity index (χ4v) is 3.75. The fourth-order valence-electron chi connectivity index (χ4n) is 3.75. The molecule has 2 saturated heterocycles. The van der Waals surface area contributed by atoms with Crippen molar-refractivity contribution in [2.75, 3.05) is 24.5 Å². The number of pyridine rings is 1. The van der Waals surface area contributed by atoms with E-state index in [0.29, 0.717) is 19.5 Å². The number of likely N-dealkylation sites (tertiary alicyclic amines) is 1. The largest absolute Gasteiger partial charge is 0.353 e. The Kier molecular flexibility index (Phi) is 4.42. The van der Waals surface area contributed by atoms with E-state index in [1.54, 1.807) is 12.3 Å². The third kappa shape index (κ3) is 3.20. The molecule has 0 unspecified atom stereocenters. The zero-order chi connectivity index (χ0) is 18.1. The van der Waals surface area contributed by atoms with Crippen LogP contribution in [0.4, 0.5) is 5.82 Å². The molecule has 1 amide bonds. The molecule has 0 saturated carbocycles. The predicted molar refractivity (Wildman–Crippen MR) is 97.6 cm³/mol. The van der Waals surface area contributed by atoms with Gasteiger partial charge in [-0.15, -0.1) is 0 Å². The van der Waals surface area contributed by atoms with E-state index in [1.807, 2.05) is 11.0 Å². The van der Waals surface area contributed by atoms with Gasteiger partial charge in [0.05, 0.1) is 11.7 Å². The molecule has 2 aliphatic rings. The van der Waals surface area contributed by atoms with Gasteiger partial charge in [-0.2, -0.15) is 0 Å². The van der Waals surface area contributed by atoms with Gasteiger partial charge in [-0.3, -0.25) is 9.59 Å². The van der Waals surface area contributed by atoms with Gasteiger partial charge >= 0.3 is 0 Å². The first-order chi connectivity index (χ1) is 12.6. The van der Waals surface area contributed by atoms with E-state index in [0.717, 1.165) is 36.5 Å². The SMILES string of the molecule is N[C@@H]1CN(c2cc(-c3ccc(=O)[nH]c3)ncn2)C[C@@H]1N1CCCCC1=O. The Morgan fingerprint density at radius 3 is 2.81 bits per heavy atom. The number of nitrogens with one attached hydrogen (secondary N) is 1. The Balaban J connectivity index is 1.55. The van der Waals surface area contributed by atoms with Gasteiger partial charge in [0.1, 0.15) is 12.1 Å². The van der Waals surface area contributed by atoms with Gasteiger partial charge in [0.2, 0.25) is 11.5 Å². The molecule has 0 spiro atoms. The van der Waals surface area contributed by atoms with Gasteiger partial charge in [-0.25, -0.2) is 9.97 Å². The van der Waals surface area contributed by atoms with E-state index in [-0.39, 0.29) is 23.6 Å². The maximum Gasteiger partial charge on any atom is 0.247 e. The lowest BCUT2D eigenvalue weighted by Gasteiger charge is -2.34. The number of rotatable bonds is 3. The van der Waals surface area contributed by atoms with E-state index in [9.17, 15) is 9.59 Å². The van der Waals surface area contributed by atoms with Crippen molar-refractivity contribution in [1.82, 2.24) is 19.9 Å². The second kappa shape index (κ2) is 6.87. The molecule has 26 heavy (non-hydrogen) atoms. The van der Waals surface area contributed by atoms with E-state index in [2.05, 4.69) is 19.9 Å². The minimum absolute atomic E-state index is 0.0225. The summed E-state index contributed by atoms with van der Waals surface area (Å²) in [6.07, 6.45) is 5.78. The molecule has 0 bridgehead atoms. The Morgan fingerprint density at radius 2 is 2.04 bits per heavy atom. The topological polar surface area (TPSA) is 108 Å². The first-order valence-electron chi connectivity index (χ1n) is 8.93. The number of carbonyl (C=O) groups excluding carboxylic acids is 1. The van der Waals surface area contributed by atoms with Crippen LogP contribution in [0, 0.1) is 0 Å². The highest BCUT2D eigenvalue weighted by Crippen LogP contribution is 2.26. The van der Waals surface area contributed by atoms with Crippen LogP contribution in [-0.2, 0) is 4.79 Å². The molecular weight excluding hydrogens is 332 g/mol. The maximum atomic E-state index is 12.2. The minimum atomic E-state index is -0.150. The van der Waals surface area contributed by atoms with Crippen molar-refractivity contribution in [3.05, 3.63) is 41.1 Å². The maximum absolute atomic E-state index is 12.2. The van der Waals surface area contributed by atoms with E-state index < -0.39 is 0 Å². The zero-order valence-corrected chi connectivity index (χ0v) is 14.5. The standard InChI is InChI=1S/C18H22N6O2/c19-13-9-23(10-15(13)24-6-2-1-3-18(24)26)16-7-14(21-11-22-16)12-4-5-17(25)20-8-12/h4-5,7-8,11,13,15H,1-3,6,9-10,19H2,(H,20,25)/t13-,15+/m1/s1. The lowest BCUT2D eigenvalue weighted by atomic mass is 10.1. The number of amides is 1. The third-order valence-electron chi connectivity index (χ3n) is 5.15. The van der Waals surface area contributed by atoms with Crippen LogP contribution in [0.25, 0.3) is 11.3 Å². The smallest absolute Gasteiger partial charge is 0.247 e. The van der Waals surface area contributed by atoms with Gasteiger partial charge in [0.15, 0.2) is 0 Å². The third-order valence-corrected chi connectivity index (χ3v) is 5.15. The van der Waals surface area contributed by atoms with Crippen molar-refractivity contribution < 1.29 is 4.79 Å². The van der Waals surface area contributed by atoms with Crippen LogP contribution in [0.1, 0.15) is 19.3 Å². The molecular formula is C18H22N6O2. The molecule has 3 N–H and O–H groups in total. The van der Waals surface area contributed by atoms with Crippen LogP contribution in [0.2, 0.25) is 0 Å². The first-order valence-corrected chi connectivity index (χ1v) is 8.93. The van der Waals surface area contributed by atoms with Crippen molar-refractivity contribution in [3.8, 4) is 11.3 Å². The van der Waals surface area contributed by atoms with Crippen molar-refractivity contribution >= 4 is 11.7 Å². The van der Waals surface area contributed by atoms with Crippen LogP contribution in [-0.4, -0.2) is 57.5 Å². The highest BCUT2D eigenvalue weighted by atomic mass is 16.2. The molecule has 0 radical (unpaired) electrons. The summed E-state index contributed by atoms with van der Waals surface area (Å²) in [4.78, 5) is 38.8. The van der Waals surface area contributed by atoms with Gasteiger partial charge in [-0.05, 0) is 18.9 Å². The molecule has 136 valence electrons. The van der Waals surface area contributed by atoms with E-state index in [1.165, 1.54) is 12.4 Å². The summed E-state index contributed by atoms with van der Waals surface area (Å²) < 4.78 is 0. The number of hydrogen-bond acceptors (Lipinski definition) is 6. The summed E-state index contributed by atoms with van der Waals surface area (Å²) in [7, 11) is 0. The molecule has 4 heterocycles. The van der Waals surface area contributed by atoms with Crippen LogP contribution in [0.15, 0.2) is 35.5 Å². The van der Waals surface area contributed by atoms with Gasteiger partial charge < -0.3 is 20.5 Å². The van der Waals surface area contributed by atoms with Crippen molar-refractivity contribution in [3.63, 3.8) is 0 Å². The molecule has 2 atom stereocenters. The molecule has 2 aromatic heterocycles. The Bertz CT molecular complexity index is 846. The summed E-state index contributed by atoms with van der Waals surface area (Å²) in [5.41, 5.74) is 7.75. The van der Waals surface area contributed by atoms with Crippen molar-refractivity contribution in [1.29, 1.82) is 0 Å². The summed E-state index contributed by atoms with van der Waals surface area (Å²) in [6.45, 7) is 2.11. The van der Waals surface area contributed by atoms with Crippen LogP contribution in [0.3, 0.4) is 0 Å². The number of carbonyl (C=O) groups is 1. The lowest BCUT2D eigenvalue weighted by Crippen LogP contribution is -2.51. The highest BCUT2D eigenvalue weighted by Gasteiger charge is 2.38. The molecule has 0 aliphatic carbocycles. The second-order valence-corrected chi connectivity index (χ2v) is 6.88. The molecule has 2 aromatic rings. The summed E-state index contributed by atoms with van der Waals surface area (Å²) in [5, 5.41) is 0. The van der Waals surface area contributed by atoms with E-state index >= 15 is 0 Å². The molecule has 4 rings (SSSR count). The van der Waals surface area contributed by atoms with Crippen LogP contribution < -0.4 is 16.2 Å². The zero-order valence-electron chi connectivity index (χ0n) is 14.5. The number of nitrogens with zero attached hydrogens (tertiary/aromatic N) is 4. The van der Waals surface area contributed by atoms with E-state index in [4.69, 9.17) is 5.73 Å². The molecule has 0 aromatic carbocycles. The average Bonchev–Trinajstić information content (AvgIpc) is 3.04. The Morgan fingerprint density at radius 1 is 1.15 bits per heavy atom. The normalized spacial score (nSPS) is 23.5. The number of aromatic nitrogens is 3. The predicted octanol–water partition coefficient (Wildman–Crippen LogP) is 0.360. The molecule has 8 nitrogen and oxygen atoms in total. The number of anilines is 1. The first kappa shape index (κ1) is 16.7. The number of piperidine rings is 1. The Labute approximate surface area is 151 Å². The Hall–Kier alpha value is -2.74. The number of hydrogen-bond donors (Lipinski definition) is 2.